The molecule has 9 heteroatoms. The van der Waals surface area contributed by atoms with Crippen LogP contribution in [-0.4, -0.2) is 46.5 Å². The van der Waals surface area contributed by atoms with Crippen LogP contribution >= 0.6 is 0 Å². The minimum absolute atomic E-state index is 0.00665. The highest BCUT2D eigenvalue weighted by molar-refractivity contribution is 6.00. The first-order valence-corrected chi connectivity index (χ1v) is 11.0. The normalized spacial score (nSPS) is 25.0. The molecule has 0 radical (unpaired) electrons. The summed E-state index contributed by atoms with van der Waals surface area (Å²) in [6.45, 7) is 8.19. The summed E-state index contributed by atoms with van der Waals surface area (Å²) < 4.78 is 19.2. The van der Waals surface area contributed by atoms with Crippen LogP contribution in [0.25, 0.3) is 0 Å². The Balaban J connectivity index is 1.57. The van der Waals surface area contributed by atoms with Gasteiger partial charge in [-0.1, -0.05) is 30.3 Å². The van der Waals surface area contributed by atoms with Gasteiger partial charge in [-0.25, -0.2) is 4.79 Å². The Bertz CT molecular complexity index is 1010. The van der Waals surface area contributed by atoms with Crippen LogP contribution in [0.3, 0.4) is 0 Å². The van der Waals surface area contributed by atoms with E-state index in [1.807, 2.05) is 58.0 Å². The molecule has 1 aromatic heterocycles. The number of fused-ring (bicyclic) bond motifs is 1. The molecule has 0 aliphatic carbocycles. The first-order valence-electron chi connectivity index (χ1n) is 11.0. The molecule has 1 saturated heterocycles. The van der Waals surface area contributed by atoms with Crippen molar-refractivity contribution < 1.29 is 19.0 Å². The molecule has 9 nitrogen and oxygen atoms in total. The Hall–Kier alpha value is -2.75. The second-order valence-electron chi connectivity index (χ2n) is 8.62. The third-order valence-electron chi connectivity index (χ3n) is 5.42. The molecule has 0 bridgehead atoms. The molecular formula is C23H30N4O5. The number of benzene rings is 1. The molecule has 172 valence electrons. The van der Waals surface area contributed by atoms with Crippen molar-refractivity contribution in [3.05, 3.63) is 58.1 Å². The molecule has 1 amide bonds. The maximum atomic E-state index is 12.9. The Labute approximate surface area is 187 Å². The molecule has 1 aromatic carbocycles. The number of carbonyl (C=O) groups excluding carboxylic acids is 1. The minimum Gasteiger partial charge on any atom is -0.376 e. The Morgan fingerprint density at radius 2 is 1.88 bits per heavy atom. The quantitative estimate of drug-likeness (QED) is 0.679. The summed E-state index contributed by atoms with van der Waals surface area (Å²) in [6.07, 6.45) is 0.444. The highest BCUT2D eigenvalue weighted by Crippen LogP contribution is 2.32. The molecule has 2 aliphatic heterocycles. The molecule has 2 aliphatic rings. The van der Waals surface area contributed by atoms with E-state index in [1.54, 1.807) is 0 Å². The molecule has 0 spiro atoms. The smallest absolute Gasteiger partial charge is 0.351 e. The van der Waals surface area contributed by atoms with Crippen LogP contribution in [-0.2, 0) is 14.2 Å². The highest BCUT2D eigenvalue weighted by atomic mass is 16.6. The van der Waals surface area contributed by atoms with Gasteiger partial charge in [0.1, 0.15) is 24.3 Å². The van der Waals surface area contributed by atoms with E-state index in [-0.39, 0.29) is 36.1 Å². The van der Waals surface area contributed by atoms with Gasteiger partial charge in [-0.05, 0) is 33.3 Å². The summed E-state index contributed by atoms with van der Waals surface area (Å²) in [5.74, 6) is -0.0435. The predicted octanol–water partition coefficient (Wildman–Crippen LogP) is 2.60. The van der Waals surface area contributed by atoms with Crippen molar-refractivity contribution in [2.45, 2.75) is 70.9 Å². The number of hydrogen-bond acceptors (Lipinski definition) is 7. The molecule has 2 unspecified atom stereocenters. The van der Waals surface area contributed by atoms with E-state index in [0.29, 0.717) is 18.6 Å². The summed E-state index contributed by atoms with van der Waals surface area (Å²) in [5, 5.41) is 6.05. The van der Waals surface area contributed by atoms with Gasteiger partial charge in [0.25, 0.3) is 5.91 Å². The van der Waals surface area contributed by atoms with Crippen LogP contribution in [0.4, 0.5) is 5.82 Å². The van der Waals surface area contributed by atoms with Crippen molar-refractivity contribution in [3.8, 4) is 0 Å². The second-order valence-corrected chi connectivity index (χ2v) is 8.62. The summed E-state index contributed by atoms with van der Waals surface area (Å²) in [6, 6.07) is 9.46. The number of ether oxygens (including phenoxy) is 3. The van der Waals surface area contributed by atoms with Gasteiger partial charge in [-0.15, -0.1) is 0 Å². The fourth-order valence-electron chi connectivity index (χ4n) is 3.95. The predicted molar refractivity (Wildman–Crippen MR) is 118 cm³/mol. The van der Waals surface area contributed by atoms with Crippen LogP contribution in [0, 0.1) is 0 Å². The third kappa shape index (κ3) is 4.85. The van der Waals surface area contributed by atoms with E-state index < -0.39 is 18.1 Å². The van der Waals surface area contributed by atoms with Crippen molar-refractivity contribution in [2.75, 3.05) is 11.9 Å². The SMILES string of the molecule is CC(C)OC[C@H]1O[C@@H](n2cc3c(nc2=O)NC(c2ccccc2)NC3=O)CC1OC(C)C. The number of nitrogens with one attached hydrogen (secondary N) is 2. The molecule has 32 heavy (non-hydrogen) atoms. The zero-order valence-electron chi connectivity index (χ0n) is 18.8. The minimum atomic E-state index is -0.593. The summed E-state index contributed by atoms with van der Waals surface area (Å²) >= 11 is 0. The molecule has 2 aromatic rings. The first kappa shape index (κ1) is 22.4. The van der Waals surface area contributed by atoms with Gasteiger partial charge in [0.2, 0.25) is 0 Å². The average molecular weight is 443 g/mol. The van der Waals surface area contributed by atoms with E-state index in [9.17, 15) is 9.59 Å². The van der Waals surface area contributed by atoms with Crippen molar-refractivity contribution in [1.29, 1.82) is 0 Å². The Kier molecular flexibility index (Phi) is 6.59. The molecule has 4 atom stereocenters. The fourth-order valence-corrected chi connectivity index (χ4v) is 3.95. The molecule has 2 N–H and O–H groups in total. The van der Waals surface area contributed by atoms with Crippen molar-refractivity contribution >= 4 is 11.7 Å². The third-order valence-corrected chi connectivity index (χ3v) is 5.42. The standard InChI is InChI=1S/C23H30N4O5/c1-13(2)30-12-18-17(31-14(3)4)10-19(32-18)27-11-16-21(26-23(27)29)24-20(25-22(16)28)15-8-6-5-7-9-15/h5-9,11,13-14,17-20H,10,12H2,1-4H3,(H,25,28)(H,24,26,29)/t17?,18-,19-,20?/m1/s1. The van der Waals surface area contributed by atoms with Gasteiger partial charge < -0.3 is 24.8 Å². The van der Waals surface area contributed by atoms with Crippen molar-refractivity contribution in [3.63, 3.8) is 0 Å². The van der Waals surface area contributed by atoms with E-state index in [2.05, 4.69) is 15.6 Å². The number of amides is 1. The molecule has 1 fully saturated rings. The van der Waals surface area contributed by atoms with Crippen molar-refractivity contribution in [1.82, 2.24) is 14.9 Å². The fraction of sp³-hybridized carbons (Fsp3) is 0.522. The number of aromatic nitrogens is 2. The number of rotatable bonds is 7. The Morgan fingerprint density at radius 1 is 1.12 bits per heavy atom. The lowest BCUT2D eigenvalue weighted by atomic mass is 10.1. The van der Waals surface area contributed by atoms with Gasteiger partial charge in [0.15, 0.2) is 0 Å². The number of hydrogen-bond donors (Lipinski definition) is 2. The lowest BCUT2D eigenvalue weighted by Crippen LogP contribution is -2.41. The van der Waals surface area contributed by atoms with Gasteiger partial charge in [-0.2, -0.15) is 4.98 Å². The number of anilines is 1. The van der Waals surface area contributed by atoms with Gasteiger partial charge >= 0.3 is 5.69 Å². The van der Waals surface area contributed by atoms with Gasteiger partial charge in [0.05, 0.1) is 30.5 Å². The highest BCUT2D eigenvalue weighted by Gasteiger charge is 2.39. The number of nitrogens with zero attached hydrogens (tertiary/aromatic N) is 2. The van der Waals surface area contributed by atoms with Crippen LogP contribution in [0.5, 0.6) is 0 Å². The van der Waals surface area contributed by atoms with E-state index in [1.165, 1.54) is 10.8 Å². The molecule has 3 heterocycles. The summed E-state index contributed by atoms with van der Waals surface area (Å²) in [7, 11) is 0. The first-order chi connectivity index (χ1) is 15.3. The summed E-state index contributed by atoms with van der Waals surface area (Å²) in [5.41, 5.74) is 0.679. The monoisotopic (exact) mass is 442 g/mol. The maximum absolute atomic E-state index is 12.9. The van der Waals surface area contributed by atoms with E-state index in [4.69, 9.17) is 14.2 Å². The zero-order valence-corrected chi connectivity index (χ0v) is 18.8. The molecule has 4 rings (SSSR count). The molecular weight excluding hydrogens is 412 g/mol. The number of carbonyl (C=O) groups is 1. The average Bonchev–Trinajstić information content (AvgIpc) is 3.14. The topological polar surface area (TPSA) is 104 Å². The van der Waals surface area contributed by atoms with E-state index >= 15 is 0 Å². The zero-order chi connectivity index (χ0) is 22.8. The van der Waals surface area contributed by atoms with Gasteiger partial charge in [0, 0.05) is 12.6 Å². The summed E-state index contributed by atoms with van der Waals surface area (Å²) in [4.78, 5) is 29.8. The lowest BCUT2D eigenvalue weighted by molar-refractivity contribution is -0.0963. The van der Waals surface area contributed by atoms with Crippen LogP contribution < -0.4 is 16.3 Å². The van der Waals surface area contributed by atoms with E-state index in [0.717, 1.165) is 5.56 Å². The molecule has 0 saturated carbocycles. The largest absolute Gasteiger partial charge is 0.376 e. The van der Waals surface area contributed by atoms with Crippen LogP contribution in [0.15, 0.2) is 41.3 Å². The maximum Gasteiger partial charge on any atom is 0.351 e. The van der Waals surface area contributed by atoms with Crippen LogP contribution in [0.1, 0.15) is 62.4 Å². The lowest BCUT2D eigenvalue weighted by Gasteiger charge is -2.28. The second kappa shape index (κ2) is 9.40. The van der Waals surface area contributed by atoms with Crippen LogP contribution in [0.2, 0.25) is 0 Å². The van der Waals surface area contributed by atoms with Gasteiger partial charge in [-0.3, -0.25) is 9.36 Å². The van der Waals surface area contributed by atoms with Crippen molar-refractivity contribution in [2.24, 2.45) is 0 Å². The Morgan fingerprint density at radius 3 is 2.56 bits per heavy atom.